The van der Waals surface area contributed by atoms with Gasteiger partial charge in [-0.1, -0.05) is 0 Å². The Morgan fingerprint density at radius 3 is 2.73 bits per heavy atom. The van der Waals surface area contributed by atoms with Gasteiger partial charge in [-0.15, -0.1) is 0 Å². The van der Waals surface area contributed by atoms with Crippen LogP contribution in [0.4, 0.5) is 5.69 Å². The zero-order valence-corrected chi connectivity index (χ0v) is 9.98. The highest BCUT2D eigenvalue weighted by atomic mass is 16.5. The molecule has 1 aliphatic rings. The van der Waals surface area contributed by atoms with Crippen molar-refractivity contribution in [1.29, 1.82) is 0 Å². The summed E-state index contributed by atoms with van der Waals surface area (Å²) in [5.41, 5.74) is 4.17. The van der Waals surface area contributed by atoms with E-state index in [9.17, 15) is 0 Å². The van der Waals surface area contributed by atoms with Crippen molar-refractivity contribution in [3.05, 3.63) is 23.3 Å². The van der Waals surface area contributed by atoms with E-state index in [1.807, 2.05) is 0 Å². The van der Waals surface area contributed by atoms with Crippen molar-refractivity contribution < 1.29 is 4.74 Å². The van der Waals surface area contributed by atoms with Gasteiger partial charge in [0, 0.05) is 11.2 Å². The molecule has 0 aliphatic carbocycles. The third-order valence-corrected chi connectivity index (χ3v) is 3.11. The highest BCUT2D eigenvalue weighted by Crippen LogP contribution is 2.35. The lowest BCUT2D eigenvalue weighted by Gasteiger charge is -2.35. The number of fused-ring (bicyclic) bond motifs is 1. The van der Waals surface area contributed by atoms with E-state index < -0.39 is 0 Å². The monoisotopic (exact) mass is 205 g/mol. The average Bonchev–Trinajstić information content (AvgIpc) is 2.18. The number of hydrogen-bond acceptors (Lipinski definition) is 2. The molecule has 1 N–H and O–H groups in total. The second kappa shape index (κ2) is 3.44. The number of benzene rings is 1. The fraction of sp³-hybridized carbons (Fsp3) is 0.538. The number of methoxy groups -OCH3 is 1. The predicted octanol–water partition coefficient (Wildman–Crippen LogP) is 3.14. The lowest BCUT2D eigenvalue weighted by molar-refractivity contribution is 0.412. The van der Waals surface area contributed by atoms with Gasteiger partial charge in [0.25, 0.3) is 0 Å². The number of rotatable bonds is 1. The summed E-state index contributed by atoms with van der Waals surface area (Å²) in [5.74, 6) is 0.966. The highest BCUT2D eigenvalue weighted by molar-refractivity contribution is 5.62. The lowest BCUT2D eigenvalue weighted by Crippen LogP contribution is -2.35. The van der Waals surface area contributed by atoms with E-state index in [1.54, 1.807) is 7.11 Å². The Morgan fingerprint density at radius 2 is 2.07 bits per heavy atom. The van der Waals surface area contributed by atoms with E-state index in [2.05, 4.69) is 38.2 Å². The molecule has 0 unspecified atom stereocenters. The van der Waals surface area contributed by atoms with E-state index >= 15 is 0 Å². The van der Waals surface area contributed by atoms with Crippen LogP contribution in [0, 0.1) is 6.92 Å². The Labute approximate surface area is 91.6 Å². The van der Waals surface area contributed by atoms with Gasteiger partial charge < -0.3 is 10.1 Å². The number of aryl methyl sites for hydroxylation is 2. The van der Waals surface area contributed by atoms with Gasteiger partial charge in [0.15, 0.2) is 0 Å². The van der Waals surface area contributed by atoms with Gasteiger partial charge in [-0.25, -0.2) is 0 Å². The molecule has 0 radical (unpaired) electrons. The lowest BCUT2D eigenvalue weighted by atomic mass is 9.88. The van der Waals surface area contributed by atoms with Crippen molar-refractivity contribution in [3.63, 3.8) is 0 Å². The number of ether oxygens (including phenoxy) is 1. The Bertz CT molecular complexity index is 382. The van der Waals surface area contributed by atoms with Gasteiger partial charge in [0.2, 0.25) is 0 Å². The largest absolute Gasteiger partial charge is 0.497 e. The van der Waals surface area contributed by atoms with Crippen LogP contribution in [0.1, 0.15) is 31.4 Å². The first kappa shape index (κ1) is 10.3. The minimum Gasteiger partial charge on any atom is -0.497 e. The fourth-order valence-corrected chi connectivity index (χ4v) is 2.17. The number of nitrogens with one attached hydrogen (secondary N) is 1. The zero-order valence-electron chi connectivity index (χ0n) is 9.98. The second-order valence-corrected chi connectivity index (χ2v) is 4.99. The van der Waals surface area contributed by atoms with Gasteiger partial charge in [-0.05, 0) is 56.9 Å². The zero-order chi connectivity index (χ0) is 11.1. The van der Waals surface area contributed by atoms with Crippen molar-refractivity contribution in [2.45, 2.75) is 39.2 Å². The molecule has 1 aromatic rings. The van der Waals surface area contributed by atoms with Crippen LogP contribution in [0.3, 0.4) is 0 Å². The van der Waals surface area contributed by atoms with E-state index in [0.29, 0.717) is 0 Å². The van der Waals surface area contributed by atoms with Gasteiger partial charge in [0.05, 0.1) is 7.11 Å². The summed E-state index contributed by atoms with van der Waals surface area (Å²) in [7, 11) is 1.72. The molecule has 82 valence electrons. The van der Waals surface area contributed by atoms with E-state index in [4.69, 9.17) is 4.74 Å². The van der Waals surface area contributed by atoms with E-state index in [1.165, 1.54) is 23.2 Å². The summed E-state index contributed by atoms with van der Waals surface area (Å²) < 4.78 is 5.29. The minimum absolute atomic E-state index is 0.215. The van der Waals surface area contributed by atoms with E-state index in [0.717, 1.165) is 12.2 Å². The molecule has 0 bridgehead atoms. The number of anilines is 1. The molecule has 2 heteroatoms. The molecule has 1 heterocycles. The first-order chi connectivity index (χ1) is 7.02. The SMILES string of the molecule is COc1cc(C)c2c(c1)CCC(C)(C)N2. The molecule has 0 atom stereocenters. The van der Waals surface area contributed by atoms with Gasteiger partial charge >= 0.3 is 0 Å². The normalized spacial score (nSPS) is 17.9. The van der Waals surface area contributed by atoms with Gasteiger partial charge in [-0.3, -0.25) is 0 Å². The van der Waals surface area contributed by atoms with Crippen LogP contribution >= 0.6 is 0 Å². The first-order valence-electron chi connectivity index (χ1n) is 5.47. The molecular weight excluding hydrogens is 186 g/mol. The topological polar surface area (TPSA) is 21.3 Å². The maximum Gasteiger partial charge on any atom is 0.119 e. The Balaban J connectivity index is 2.44. The van der Waals surface area contributed by atoms with Crippen LogP contribution < -0.4 is 10.1 Å². The van der Waals surface area contributed by atoms with Crippen molar-refractivity contribution in [2.24, 2.45) is 0 Å². The van der Waals surface area contributed by atoms with Crippen LogP contribution in [0.15, 0.2) is 12.1 Å². The van der Waals surface area contributed by atoms with Gasteiger partial charge in [0.1, 0.15) is 5.75 Å². The van der Waals surface area contributed by atoms with Crippen LogP contribution in [0.5, 0.6) is 5.75 Å². The minimum atomic E-state index is 0.215. The van der Waals surface area contributed by atoms with E-state index in [-0.39, 0.29) is 5.54 Å². The van der Waals surface area contributed by atoms with Crippen molar-refractivity contribution >= 4 is 5.69 Å². The molecule has 2 nitrogen and oxygen atoms in total. The van der Waals surface area contributed by atoms with Crippen molar-refractivity contribution in [2.75, 3.05) is 12.4 Å². The molecule has 0 spiro atoms. The third-order valence-electron chi connectivity index (χ3n) is 3.11. The summed E-state index contributed by atoms with van der Waals surface area (Å²) in [6.45, 7) is 6.63. The Hall–Kier alpha value is -1.18. The number of hydrogen-bond donors (Lipinski definition) is 1. The fourth-order valence-electron chi connectivity index (χ4n) is 2.17. The molecule has 0 aromatic heterocycles. The standard InChI is InChI=1S/C13H19NO/c1-9-7-11(15-4)8-10-5-6-13(2,3)14-12(9)10/h7-8,14H,5-6H2,1-4H3. The van der Waals surface area contributed by atoms with Crippen LogP contribution in [0.25, 0.3) is 0 Å². The van der Waals surface area contributed by atoms with Crippen LogP contribution in [0.2, 0.25) is 0 Å². The molecule has 1 aliphatic heterocycles. The summed E-state index contributed by atoms with van der Waals surface area (Å²) in [6, 6.07) is 4.23. The summed E-state index contributed by atoms with van der Waals surface area (Å²) in [4.78, 5) is 0. The second-order valence-electron chi connectivity index (χ2n) is 4.99. The molecular formula is C13H19NO. The molecule has 15 heavy (non-hydrogen) atoms. The van der Waals surface area contributed by atoms with Crippen LogP contribution in [-0.4, -0.2) is 12.6 Å². The predicted molar refractivity (Wildman–Crippen MR) is 63.8 cm³/mol. The molecule has 0 saturated carbocycles. The molecule has 2 rings (SSSR count). The quantitative estimate of drug-likeness (QED) is 0.760. The summed E-state index contributed by atoms with van der Waals surface area (Å²) in [5, 5.41) is 3.60. The molecule has 1 aromatic carbocycles. The Kier molecular flexibility index (Phi) is 2.37. The smallest absolute Gasteiger partial charge is 0.119 e. The van der Waals surface area contributed by atoms with Crippen molar-refractivity contribution in [3.8, 4) is 5.75 Å². The third kappa shape index (κ3) is 1.94. The molecule has 0 saturated heterocycles. The van der Waals surface area contributed by atoms with Crippen molar-refractivity contribution in [1.82, 2.24) is 0 Å². The first-order valence-corrected chi connectivity index (χ1v) is 5.47. The summed E-state index contributed by atoms with van der Waals surface area (Å²) in [6.07, 6.45) is 2.31. The highest BCUT2D eigenvalue weighted by Gasteiger charge is 2.25. The molecule has 0 fully saturated rings. The molecule has 0 amide bonds. The van der Waals surface area contributed by atoms with Gasteiger partial charge in [-0.2, -0.15) is 0 Å². The Morgan fingerprint density at radius 1 is 1.33 bits per heavy atom. The maximum absolute atomic E-state index is 5.29. The summed E-state index contributed by atoms with van der Waals surface area (Å²) >= 11 is 0. The average molecular weight is 205 g/mol. The van der Waals surface area contributed by atoms with Crippen LogP contribution in [-0.2, 0) is 6.42 Å². The maximum atomic E-state index is 5.29.